The van der Waals surface area contributed by atoms with Crippen LogP contribution >= 0.6 is 23.2 Å². The van der Waals surface area contributed by atoms with Gasteiger partial charge < -0.3 is 15.2 Å². The minimum absolute atomic E-state index is 0.0222. The molecule has 0 bridgehead atoms. The summed E-state index contributed by atoms with van der Waals surface area (Å²) in [5.74, 6) is -1.52. The molecule has 0 atom stereocenters. The van der Waals surface area contributed by atoms with Crippen LogP contribution in [-0.4, -0.2) is 24.7 Å². The second kappa shape index (κ2) is 12.7. The van der Waals surface area contributed by atoms with E-state index in [1.54, 1.807) is 0 Å². The second-order valence-corrected chi connectivity index (χ2v) is 8.10. The number of esters is 1. The lowest BCUT2D eigenvalue weighted by Crippen LogP contribution is -2.11. The Kier molecular flexibility index (Phi) is 10.3. The summed E-state index contributed by atoms with van der Waals surface area (Å²) in [5, 5.41) is 0.0988. The van der Waals surface area contributed by atoms with E-state index in [9.17, 15) is 9.18 Å². The van der Waals surface area contributed by atoms with Gasteiger partial charge in [-0.25, -0.2) is 14.2 Å². The van der Waals surface area contributed by atoms with Crippen molar-refractivity contribution in [3.05, 3.63) is 39.8 Å². The van der Waals surface area contributed by atoms with E-state index >= 15 is 0 Å². The fraction of sp³-hybridized carbons (Fsp3) is 0.478. The van der Waals surface area contributed by atoms with Gasteiger partial charge in [-0.15, -0.1) is 0 Å². The van der Waals surface area contributed by atoms with Gasteiger partial charge >= 0.3 is 5.97 Å². The molecule has 0 amide bonds. The molecule has 0 spiro atoms. The minimum Gasteiger partial charge on any atom is -0.492 e. The van der Waals surface area contributed by atoms with Crippen LogP contribution in [0.4, 0.5) is 10.1 Å². The number of anilines is 1. The predicted octanol–water partition coefficient (Wildman–Crippen LogP) is 7.08. The highest BCUT2D eigenvalue weighted by molar-refractivity contribution is 6.35. The van der Waals surface area contributed by atoms with Crippen LogP contribution in [0, 0.1) is 5.82 Å². The van der Waals surface area contributed by atoms with E-state index in [1.807, 2.05) is 0 Å². The maximum absolute atomic E-state index is 14.8. The van der Waals surface area contributed by atoms with Crippen molar-refractivity contribution in [2.24, 2.45) is 0 Å². The van der Waals surface area contributed by atoms with Gasteiger partial charge in [-0.05, 0) is 24.6 Å². The normalized spacial score (nSPS) is 10.9. The number of nitrogens with two attached hydrogens (primary N) is 1. The molecule has 170 valence electrons. The number of unbranched alkanes of at least 4 members (excludes halogenated alkanes) is 7. The van der Waals surface area contributed by atoms with Crippen molar-refractivity contribution in [3.8, 4) is 17.0 Å². The predicted molar refractivity (Wildman–Crippen MR) is 124 cm³/mol. The maximum Gasteiger partial charge on any atom is 0.358 e. The highest BCUT2D eigenvalue weighted by Gasteiger charge is 2.21. The molecule has 0 saturated carbocycles. The summed E-state index contributed by atoms with van der Waals surface area (Å²) >= 11 is 12.1. The Morgan fingerprint density at radius 3 is 2.39 bits per heavy atom. The van der Waals surface area contributed by atoms with Crippen molar-refractivity contribution < 1.29 is 18.7 Å². The van der Waals surface area contributed by atoms with E-state index in [0.717, 1.165) is 19.3 Å². The zero-order valence-corrected chi connectivity index (χ0v) is 19.5. The quantitative estimate of drug-likeness (QED) is 0.264. The summed E-state index contributed by atoms with van der Waals surface area (Å²) < 4.78 is 25.1. The molecule has 1 aromatic carbocycles. The molecule has 2 aromatic rings. The van der Waals surface area contributed by atoms with Crippen molar-refractivity contribution in [3.63, 3.8) is 0 Å². The number of rotatable bonds is 12. The monoisotopic (exact) mass is 470 g/mol. The van der Waals surface area contributed by atoms with Gasteiger partial charge in [0.1, 0.15) is 0 Å². The van der Waals surface area contributed by atoms with Crippen molar-refractivity contribution in [2.75, 3.05) is 19.5 Å². The van der Waals surface area contributed by atoms with E-state index in [4.69, 9.17) is 38.4 Å². The molecular weight excluding hydrogens is 442 g/mol. The van der Waals surface area contributed by atoms with Gasteiger partial charge in [0.05, 0.1) is 35.1 Å². The Morgan fingerprint density at radius 2 is 1.74 bits per heavy atom. The molecular formula is C23H29Cl2FN2O3. The van der Waals surface area contributed by atoms with Crippen molar-refractivity contribution in [1.29, 1.82) is 0 Å². The SMILES string of the molecule is CCCCCCCCCCOC(=O)c1nc(-c2ccc(Cl)c(OC)c2F)cc(N)c1Cl. The molecule has 0 unspecified atom stereocenters. The number of halogens is 3. The molecule has 31 heavy (non-hydrogen) atoms. The van der Waals surface area contributed by atoms with Gasteiger partial charge in [-0.1, -0.05) is 75.1 Å². The molecule has 2 rings (SSSR count). The van der Waals surface area contributed by atoms with Crippen molar-refractivity contribution >= 4 is 34.9 Å². The number of ether oxygens (including phenoxy) is 2. The van der Waals surface area contributed by atoms with E-state index in [1.165, 1.54) is 57.4 Å². The van der Waals surface area contributed by atoms with Crippen LogP contribution < -0.4 is 10.5 Å². The Morgan fingerprint density at radius 1 is 1.10 bits per heavy atom. The zero-order chi connectivity index (χ0) is 22.8. The van der Waals surface area contributed by atoms with Gasteiger partial charge in [0, 0.05) is 5.56 Å². The third-order valence-corrected chi connectivity index (χ3v) is 5.63. The van der Waals surface area contributed by atoms with Crippen LogP contribution in [0.3, 0.4) is 0 Å². The van der Waals surface area contributed by atoms with E-state index in [0.29, 0.717) is 0 Å². The maximum atomic E-state index is 14.8. The Balaban J connectivity index is 2.02. The summed E-state index contributed by atoms with van der Waals surface area (Å²) in [6.07, 6.45) is 9.07. The van der Waals surface area contributed by atoms with Crippen LogP contribution in [0.2, 0.25) is 10.0 Å². The minimum atomic E-state index is -0.706. The molecule has 8 heteroatoms. The Bertz CT molecular complexity index is 894. The zero-order valence-electron chi connectivity index (χ0n) is 18.0. The first-order chi connectivity index (χ1) is 14.9. The summed E-state index contributed by atoms with van der Waals surface area (Å²) in [6, 6.07) is 4.31. The summed E-state index contributed by atoms with van der Waals surface area (Å²) in [5.41, 5.74) is 6.10. The number of carbonyl (C=O) groups is 1. The summed E-state index contributed by atoms with van der Waals surface area (Å²) in [7, 11) is 1.31. The van der Waals surface area contributed by atoms with Crippen LogP contribution in [0.5, 0.6) is 5.75 Å². The lowest BCUT2D eigenvalue weighted by molar-refractivity contribution is 0.0491. The second-order valence-electron chi connectivity index (χ2n) is 7.31. The Labute approximate surface area is 193 Å². The molecule has 1 heterocycles. The number of hydrogen-bond donors (Lipinski definition) is 1. The standard InChI is InChI=1S/C23H29Cl2FN2O3/c1-3-4-5-6-7-8-9-10-13-31-23(29)21-19(25)17(27)14-18(28-21)15-11-12-16(24)22(30-2)20(15)26/h11-12,14H,3-10,13H2,1-2H3,(H2,27,28). The fourth-order valence-corrected chi connectivity index (χ4v) is 3.61. The molecule has 0 aliphatic rings. The molecule has 5 nitrogen and oxygen atoms in total. The van der Waals surface area contributed by atoms with Crippen molar-refractivity contribution in [2.45, 2.75) is 58.3 Å². The summed E-state index contributed by atoms with van der Waals surface area (Å²) in [6.45, 7) is 2.46. The summed E-state index contributed by atoms with van der Waals surface area (Å²) in [4.78, 5) is 16.7. The lowest BCUT2D eigenvalue weighted by atomic mass is 10.1. The molecule has 0 saturated heterocycles. The molecule has 0 aliphatic heterocycles. The van der Waals surface area contributed by atoms with Crippen LogP contribution in [-0.2, 0) is 4.74 Å². The smallest absolute Gasteiger partial charge is 0.358 e. The number of hydrogen-bond acceptors (Lipinski definition) is 5. The van der Waals surface area contributed by atoms with Crippen LogP contribution in [0.1, 0.15) is 68.8 Å². The fourth-order valence-electron chi connectivity index (χ4n) is 3.21. The third kappa shape index (κ3) is 6.97. The van der Waals surface area contributed by atoms with Gasteiger partial charge in [0.25, 0.3) is 0 Å². The number of carbonyl (C=O) groups excluding carboxylic acids is 1. The first kappa shape index (κ1) is 25.2. The van der Waals surface area contributed by atoms with Gasteiger partial charge in [-0.3, -0.25) is 0 Å². The van der Waals surface area contributed by atoms with E-state index in [-0.39, 0.29) is 45.0 Å². The lowest BCUT2D eigenvalue weighted by Gasteiger charge is -2.12. The van der Waals surface area contributed by atoms with Gasteiger partial charge in [0.2, 0.25) is 0 Å². The van der Waals surface area contributed by atoms with Crippen molar-refractivity contribution in [1.82, 2.24) is 4.98 Å². The number of methoxy groups -OCH3 is 1. The number of benzene rings is 1. The number of nitrogen functional groups attached to an aromatic ring is 1. The molecule has 2 N–H and O–H groups in total. The van der Waals surface area contributed by atoms with E-state index < -0.39 is 11.8 Å². The Hall–Kier alpha value is -2.05. The number of pyridine rings is 1. The molecule has 0 fully saturated rings. The topological polar surface area (TPSA) is 74.4 Å². The first-order valence-corrected chi connectivity index (χ1v) is 11.3. The molecule has 1 aromatic heterocycles. The van der Waals surface area contributed by atoms with Crippen LogP contribution in [0.25, 0.3) is 11.3 Å². The third-order valence-electron chi connectivity index (χ3n) is 4.94. The molecule has 0 aliphatic carbocycles. The van der Waals surface area contributed by atoms with Crippen LogP contribution in [0.15, 0.2) is 18.2 Å². The average molecular weight is 471 g/mol. The van der Waals surface area contributed by atoms with Gasteiger partial charge in [0.15, 0.2) is 17.3 Å². The number of aromatic nitrogens is 1. The first-order valence-electron chi connectivity index (χ1n) is 10.6. The highest BCUT2D eigenvalue weighted by Crippen LogP contribution is 2.36. The largest absolute Gasteiger partial charge is 0.492 e. The van der Waals surface area contributed by atoms with Gasteiger partial charge in [-0.2, -0.15) is 0 Å². The van der Waals surface area contributed by atoms with E-state index in [2.05, 4.69) is 11.9 Å². The average Bonchev–Trinajstić information content (AvgIpc) is 2.74. The number of nitrogens with zero attached hydrogens (tertiary/aromatic N) is 1. The highest BCUT2D eigenvalue weighted by atomic mass is 35.5. The molecule has 0 radical (unpaired) electrons.